The van der Waals surface area contributed by atoms with Crippen molar-refractivity contribution < 1.29 is 9.13 Å². The summed E-state index contributed by atoms with van der Waals surface area (Å²) in [7, 11) is 1.64. The van der Waals surface area contributed by atoms with E-state index in [0.29, 0.717) is 24.7 Å². The van der Waals surface area contributed by atoms with Crippen LogP contribution in [0.25, 0.3) is 0 Å². The monoisotopic (exact) mass is 323 g/mol. The van der Waals surface area contributed by atoms with Crippen molar-refractivity contribution in [2.45, 2.75) is 13.0 Å². The number of ether oxygens (including phenoxy) is 1. The van der Waals surface area contributed by atoms with E-state index in [4.69, 9.17) is 4.74 Å². The van der Waals surface area contributed by atoms with Crippen LogP contribution in [0.5, 0.6) is 0 Å². The molecule has 6 nitrogen and oxygen atoms in total. The molecule has 2 aromatic rings. The minimum Gasteiger partial charge on any atom is -0.374 e. The smallest absolute Gasteiger partial charge is 0.205 e. The maximum Gasteiger partial charge on any atom is 0.205 e. The van der Waals surface area contributed by atoms with Crippen molar-refractivity contribution >= 4 is 22.5 Å². The lowest BCUT2D eigenvalue weighted by Crippen LogP contribution is -2.47. The number of anilines is 2. The van der Waals surface area contributed by atoms with Gasteiger partial charge in [-0.05, 0) is 19.1 Å². The molecular formula is C14H18FN5OS. The molecule has 3 heterocycles. The average Bonchev–Trinajstić information content (AvgIpc) is 3.05. The summed E-state index contributed by atoms with van der Waals surface area (Å²) < 4.78 is 23.3. The molecule has 0 N–H and O–H groups in total. The number of halogens is 1. The summed E-state index contributed by atoms with van der Waals surface area (Å²) in [6.45, 7) is 4.89. The van der Waals surface area contributed by atoms with Gasteiger partial charge in [-0.3, -0.25) is 0 Å². The van der Waals surface area contributed by atoms with E-state index in [1.54, 1.807) is 19.4 Å². The first kappa shape index (κ1) is 15.1. The Balaban J connectivity index is 1.64. The zero-order chi connectivity index (χ0) is 15.5. The second-order valence-corrected chi connectivity index (χ2v) is 5.83. The Morgan fingerprint density at radius 3 is 2.68 bits per heavy atom. The van der Waals surface area contributed by atoms with Crippen LogP contribution in [0.1, 0.15) is 18.9 Å². The van der Waals surface area contributed by atoms with Crippen LogP contribution < -0.4 is 9.80 Å². The Morgan fingerprint density at radius 1 is 1.27 bits per heavy atom. The van der Waals surface area contributed by atoms with E-state index in [0.717, 1.165) is 18.2 Å². The molecule has 1 atom stereocenters. The summed E-state index contributed by atoms with van der Waals surface area (Å²) in [5, 5.41) is 0.889. The Kier molecular flexibility index (Phi) is 4.49. The predicted molar refractivity (Wildman–Crippen MR) is 84.0 cm³/mol. The first-order valence-corrected chi connectivity index (χ1v) is 7.93. The lowest BCUT2D eigenvalue weighted by molar-refractivity contribution is 0.113. The Hall–Kier alpha value is -1.80. The zero-order valence-electron chi connectivity index (χ0n) is 12.6. The van der Waals surface area contributed by atoms with Crippen LogP contribution in [0.2, 0.25) is 0 Å². The van der Waals surface area contributed by atoms with Crippen LogP contribution >= 0.6 is 11.5 Å². The van der Waals surface area contributed by atoms with Gasteiger partial charge in [0.05, 0.1) is 0 Å². The second kappa shape index (κ2) is 6.53. The van der Waals surface area contributed by atoms with Crippen LogP contribution in [-0.4, -0.2) is 47.6 Å². The van der Waals surface area contributed by atoms with Gasteiger partial charge in [0.1, 0.15) is 6.10 Å². The molecule has 1 aliphatic heterocycles. The minimum atomic E-state index is -0.275. The van der Waals surface area contributed by atoms with Crippen LogP contribution in [0.4, 0.5) is 15.3 Å². The van der Waals surface area contributed by atoms with Crippen LogP contribution in [0, 0.1) is 5.82 Å². The minimum absolute atomic E-state index is 0.103. The molecule has 3 rings (SSSR count). The fourth-order valence-electron chi connectivity index (χ4n) is 2.34. The second-order valence-electron chi connectivity index (χ2n) is 5.10. The highest BCUT2D eigenvalue weighted by atomic mass is 32.1. The number of rotatable bonds is 4. The topological polar surface area (TPSA) is 54.4 Å². The molecule has 22 heavy (non-hydrogen) atoms. The largest absolute Gasteiger partial charge is 0.374 e. The number of piperazine rings is 1. The third-order valence-corrected chi connectivity index (χ3v) is 4.53. The van der Waals surface area contributed by atoms with Gasteiger partial charge in [0.15, 0.2) is 17.5 Å². The van der Waals surface area contributed by atoms with Crippen LogP contribution in [0.15, 0.2) is 18.3 Å². The summed E-state index contributed by atoms with van der Waals surface area (Å²) >= 11 is 1.38. The summed E-state index contributed by atoms with van der Waals surface area (Å²) in [5.41, 5.74) is 0. The number of nitrogens with zero attached hydrogens (tertiary/aromatic N) is 5. The van der Waals surface area contributed by atoms with Gasteiger partial charge in [-0.15, -0.1) is 0 Å². The van der Waals surface area contributed by atoms with E-state index in [2.05, 4.69) is 19.2 Å². The number of pyridine rings is 1. The maximum absolute atomic E-state index is 13.8. The normalized spacial score (nSPS) is 16.9. The van der Waals surface area contributed by atoms with Crippen molar-refractivity contribution in [3.8, 4) is 0 Å². The number of hydrogen-bond donors (Lipinski definition) is 0. The summed E-state index contributed by atoms with van der Waals surface area (Å²) in [6.07, 6.45) is 1.52. The SMILES string of the molecule is CO[C@H](C)c1nsc(N2CCN(c3ncccc3F)CC2)n1. The van der Waals surface area contributed by atoms with Crippen molar-refractivity contribution in [1.29, 1.82) is 0 Å². The third-order valence-electron chi connectivity index (χ3n) is 3.74. The van der Waals surface area contributed by atoms with Gasteiger partial charge in [-0.25, -0.2) is 14.4 Å². The molecule has 0 spiro atoms. The average molecular weight is 323 g/mol. The Morgan fingerprint density at radius 2 is 2.00 bits per heavy atom. The van der Waals surface area contributed by atoms with Crippen molar-refractivity contribution in [2.24, 2.45) is 0 Å². The van der Waals surface area contributed by atoms with Gasteiger partial charge < -0.3 is 14.5 Å². The molecule has 1 saturated heterocycles. The molecule has 1 aliphatic rings. The fraction of sp³-hybridized carbons (Fsp3) is 0.500. The zero-order valence-corrected chi connectivity index (χ0v) is 13.4. The third kappa shape index (κ3) is 3.02. The molecule has 0 bridgehead atoms. The van der Waals surface area contributed by atoms with Crippen molar-refractivity contribution in [1.82, 2.24) is 14.3 Å². The predicted octanol–water partition coefficient (Wildman–Crippen LogP) is 2.11. The highest BCUT2D eigenvalue weighted by Crippen LogP contribution is 2.24. The lowest BCUT2D eigenvalue weighted by Gasteiger charge is -2.35. The first-order valence-electron chi connectivity index (χ1n) is 7.16. The Labute approximate surface area is 132 Å². The lowest BCUT2D eigenvalue weighted by atomic mass is 10.3. The molecule has 2 aromatic heterocycles. The summed E-state index contributed by atoms with van der Waals surface area (Å²) in [4.78, 5) is 12.8. The Bertz CT molecular complexity index is 629. The molecule has 118 valence electrons. The summed E-state index contributed by atoms with van der Waals surface area (Å²) in [6, 6.07) is 3.05. The van der Waals surface area contributed by atoms with E-state index in [-0.39, 0.29) is 11.9 Å². The van der Waals surface area contributed by atoms with E-state index < -0.39 is 0 Å². The van der Waals surface area contributed by atoms with Crippen molar-refractivity contribution in [2.75, 3.05) is 43.1 Å². The molecule has 0 radical (unpaired) electrons. The van der Waals surface area contributed by atoms with Crippen molar-refractivity contribution in [3.05, 3.63) is 30.0 Å². The van der Waals surface area contributed by atoms with Crippen molar-refractivity contribution in [3.63, 3.8) is 0 Å². The fourth-order valence-corrected chi connectivity index (χ4v) is 3.14. The number of aromatic nitrogens is 3. The molecule has 8 heteroatoms. The molecule has 1 fully saturated rings. The van der Waals surface area contributed by atoms with Gasteiger partial charge >= 0.3 is 0 Å². The quantitative estimate of drug-likeness (QED) is 0.859. The first-order chi connectivity index (χ1) is 10.7. The molecule has 0 aliphatic carbocycles. The molecule has 0 amide bonds. The van der Waals surface area contributed by atoms with E-state index >= 15 is 0 Å². The van der Waals surface area contributed by atoms with Crippen LogP contribution in [0.3, 0.4) is 0 Å². The maximum atomic E-state index is 13.8. The standard InChI is InChI=1S/C14H18FN5OS/c1-10(21-2)12-17-14(22-18-12)20-8-6-19(7-9-20)13-11(15)4-3-5-16-13/h3-5,10H,6-9H2,1-2H3/t10-/m1/s1. The molecule has 0 saturated carbocycles. The summed E-state index contributed by atoms with van der Waals surface area (Å²) in [5.74, 6) is 0.858. The van der Waals surface area contributed by atoms with E-state index in [9.17, 15) is 4.39 Å². The number of methoxy groups -OCH3 is 1. The number of hydrogen-bond acceptors (Lipinski definition) is 7. The van der Waals surface area contributed by atoms with Gasteiger partial charge in [0.2, 0.25) is 5.13 Å². The van der Waals surface area contributed by atoms with Gasteiger partial charge in [-0.1, -0.05) is 0 Å². The van der Waals surface area contributed by atoms with E-state index in [1.165, 1.54) is 17.6 Å². The highest BCUT2D eigenvalue weighted by Gasteiger charge is 2.23. The van der Waals surface area contributed by atoms with Gasteiger partial charge in [0, 0.05) is 51.0 Å². The van der Waals surface area contributed by atoms with Gasteiger partial charge in [0.25, 0.3) is 0 Å². The van der Waals surface area contributed by atoms with Crippen LogP contribution in [-0.2, 0) is 4.74 Å². The molecule has 0 unspecified atom stereocenters. The highest BCUT2D eigenvalue weighted by molar-refractivity contribution is 7.09. The molecule has 0 aromatic carbocycles. The van der Waals surface area contributed by atoms with Gasteiger partial charge in [-0.2, -0.15) is 4.37 Å². The molecular weight excluding hydrogens is 305 g/mol. The van der Waals surface area contributed by atoms with E-state index in [1.807, 2.05) is 11.8 Å².